The molecule has 116 valence electrons. The van der Waals surface area contributed by atoms with Crippen LogP contribution in [0, 0.1) is 0 Å². The van der Waals surface area contributed by atoms with Gasteiger partial charge in [0.05, 0.1) is 26.0 Å². The number of rotatable bonds is 4. The summed E-state index contributed by atoms with van der Waals surface area (Å²) in [5.74, 6) is 0.0928. The standard InChI is InChI=1S/C12H19N5O4/c1-21-12(20)13-10-6-16(15-14-10)7-11(19)17-5-3-2-4-9(17)8-18/h6,9,18H,2-5,7-8H2,1H3,(H,13,20). The van der Waals surface area contributed by atoms with Gasteiger partial charge in [0.25, 0.3) is 0 Å². The zero-order valence-corrected chi connectivity index (χ0v) is 11.9. The minimum atomic E-state index is -0.648. The Kier molecular flexibility index (Phi) is 5.09. The van der Waals surface area contributed by atoms with E-state index >= 15 is 0 Å². The minimum Gasteiger partial charge on any atom is -0.453 e. The van der Waals surface area contributed by atoms with E-state index in [4.69, 9.17) is 0 Å². The summed E-state index contributed by atoms with van der Waals surface area (Å²) >= 11 is 0. The molecule has 21 heavy (non-hydrogen) atoms. The van der Waals surface area contributed by atoms with Gasteiger partial charge in [-0.2, -0.15) is 0 Å². The summed E-state index contributed by atoms with van der Waals surface area (Å²) < 4.78 is 5.78. The summed E-state index contributed by atoms with van der Waals surface area (Å²) in [6.07, 6.45) is 3.58. The molecule has 9 nitrogen and oxygen atoms in total. The highest BCUT2D eigenvalue weighted by molar-refractivity contribution is 5.83. The summed E-state index contributed by atoms with van der Waals surface area (Å²) in [4.78, 5) is 24.9. The number of nitrogens with one attached hydrogen (secondary N) is 1. The molecule has 1 aliphatic rings. The molecule has 2 amide bonds. The van der Waals surface area contributed by atoms with E-state index in [1.807, 2.05) is 0 Å². The van der Waals surface area contributed by atoms with Gasteiger partial charge in [0.1, 0.15) is 6.54 Å². The van der Waals surface area contributed by atoms with E-state index in [2.05, 4.69) is 20.4 Å². The molecule has 2 N–H and O–H groups in total. The molecule has 0 radical (unpaired) electrons. The van der Waals surface area contributed by atoms with Gasteiger partial charge in [0.15, 0.2) is 5.82 Å². The first-order valence-corrected chi connectivity index (χ1v) is 6.79. The first-order chi connectivity index (χ1) is 10.1. The second-order valence-corrected chi connectivity index (χ2v) is 4.84. The van der Waals surface area contributed by atoms with E-state index in [1.54, 1.807) is 4.90 Å². The number of carbonyl (C=O) groups excluding carboxylic acids is 2. The first-order valence-electron chi connectivity index (χ1n) is 6.79. The van der Waals surface area contributed by atoms with Crippen LogP contribution in [0.1, 0.15) is 19.3 Å². The second kappa shape index (κ2) is 7.02. The van der Waals surface area contributed by atoms with E-state index < -0.39 is 6.09 Å². The third-order valence-corrected chi connectivity index (χ3v) is 3.41. The molecule has 1 unspecified atom stereocenters. The average Bonchev–Trinajstić information content (AvgIpc) is 2.93. The van der Waals surface area contributed by atoms with Crippen molar-refractivity contribution in [3.8, 4) is 0 Å². The molecular formula is C12H19N5O4. The van der Waals surface area contributed by atoms with Gasteiger partial charge in [0, 0.05) is 6.54 Å². The number of carbonyl (C=O) groups is 2. The molecule has 2 heterocycles. The molecule has 0 saturated carbocycles. The van der Waals surface area contributed by atoms with Crippen LogP contribution in [0.5, 0.6) is 0 Å². The molecule has 1 fully saturated rings. The molecule has 0 spiro atoms. The van der Waals surface area contributed by atoms with Gasteiger partial charge in [-0.1, -0.05) is 5.21 Å². The van der Waals surface area contributed by atoms with E-state index in [0.717, 1.165) is 19.3 Å². The number of piperidine rings is 1. The molecule has 1 saturated heterocycles. The van der Waals surface area contributed by atoms with Crippen molar-refractivity contribution in [1.29, 1.82) is 0 Å². The predicted molar refractivity (Wildman–Crippen MR) is 72.5 cm³/mol. The van der Waals surface area contributed by atoms with E-state index in [9.17, 15) is 14.7 Å². The van der Waals surface area contributed by atoms with Crippen LogP contribution in [-0.4, -0.2) is 63.3 Å². The summed E-state index contributed by atoms with van der Waals surface area (Å²) in [7, 11) is 1.24. The van der Waals surface area contributed by atoms with Crippen LogP contribution in [0.4, 0.5) is 10.6 Å². The van der Waals surface area contributed by atoms with E-state index in [1.165, 1.54) is 18.0 Å². The van der Waals surface area contributed by atoms with E-state index in [-0.39, 0.29) is 30.9 Å². The van der Waals surface area contributed by atoms with Gasteiger partial charge in [-0.3, -0.25) is 10.1 Å². The molecule has 1 aromatic rings. The van der Waals surface area contributed by atoms with Crippen molar-refractivity contribution in [2.24, 2.45) is 0 Å². The van der Waals surface area contributed by atoms with Gasteiger partial charge >= 0.3 is 6.09 Å². The van der Waals surface area contributed by atoms with Crippen LogP contribution in [0.3, 0.4) is 0 Å². The van der Waals surface area contributed by atoms with Crippen LogP contribution in [0.2, 0.25) is 0 Å². The third kappa shape index (κ3) is 3.91. The summed E-state index contributed by atoms with van der Waals surface area (Å²) in [5, 5.41) is 19.2. The summed E-state index contributed by atoms with van der Waals surface area (Å²) in [6, 6.07) is -0.123. The maximum atomic E-state index is 12.2. The number of aromatic nitrogens is 3. The van der Waals surface area contributed by atoms with Crippen molar-refractivity contribution >= 4 is 17.8 Å². The van der Waals surface area contributed by atoms with Gasteiger partial charge in [-0.05, 0) is 19.3 Å². The molecule has 2 rings (SSSR count). The van der Waals surface area contributed by atoms with Crippen LogP contribution in [0.15, 0.2) is 6.20 Å². The van der Waals surface area contributed by atoms with Crippen molar-refractivity contribution in [1.82, 2.24) is 19.9 Å². The summed E-state index contributed by atoms with van der Waals surface area (Å²) in [6.45, 7) is 0.636. The molecule has 1 atom stereocenters. The SMILES string of the molecule is COC(=O)Nc1cn(CC(=O)N2CCCCC2CO)nn1. The predicted octanol–water partition coefficient (Wildman–Crippen LogP) is -0.170. The number of amides is 2. The van der Waals surface area contributed by atoms with Crippen molar-refractivity contribution in [3.05, 3.63) is 6.20 Å². The largest absolute Gasteiger partial charge is 0.453 e. The molecule has 9 heteroatoms. The smallest absolute Gasteiger partial charge is 0.412 e. The quantitative estimate of drug-likeness (QED) is 0.798. The Balaban J connectivity index is 1.94. The fourth-order valence-electron chi connectivity index (χ4n) is 2.34. The normalized spacial score (nSPS) is 18.4. The maximum Gasteiger partial charge on any atom is 0.412 e. The van der Waals surface area contributed by atoms with Crippen molar-refractivity contribution in [2.75, 3.05) is 25.6 Å². The number of ether oxygens (including phenoxy) is 1. The molecule has 0 bridgehead atoms. The van der Waals surface area contributed by atoms with Gasteiger partial charge < -0.3 is 14.7 Å². The number of anilines is 1. The van der Waals surface area contributed by atoms with Crippen LogP contribution in [-0.2, 0) is 16.1 Å². The Labute approximate surface area is 121 Å². The van der Waals surface area contributed by atoms with E-state index in [0.29, 0.717) is 6.54 Å². The Morgan fingerprint density at radius 3 is 3.05 bits per heavy atom. The Morgan fingerprint density at radius 1 is 1.52 bits per heavy atom. The van der Waals surface area contributed by atoms with Crippen molar-refractivity contribution in [2.45, 2.75) is 31.8 Å². The molecule has 0 aliphatic carbocycles. The second-order valence-electron chi connectivity index (χ2n) is 4.84. The molecule has 1 aromatic heterocycles. The van der Waals surface area contributed by atoms with Gasteiger partial charge in [-0.25, -0.2) is 9.48 Å². The number of aliphatic hydroxyl groups excluding tert-OH is 1. The Bertz CT molecular complexity index is 504. The third-order valence-electron chi connectivity index (χ3n) is 3.41. The van der Waals surface area contributed by atoms with Crippen molar-refractivity contribution in [3.63, 3.8) is 0 Å². The number of methoxy groups -OCH3 is 1. The zero-order chi connectivity index (χ0) is 15.2. The fraction of sp³-hybridized carbons (Fsp3) is 0.667. The lowest BCUT2D eigenvalue weighted by atomic mass is 10.0. The number of hydrogen-bond acceptors (Lipinski definition) is 6. The highest BCUT2D eigenvalue weighted by Crippen LogP contribution is 2.17. The molecule has 1 aliphatic heterocycles. The number of likely N-dealkylation sites (tertiary alicyclic amines) is 1. The zero-order valence-electron chi connectivity index (χ0n) is 11.9. The molecular weight excluding hydrogens is 278 g/mol. The lowest BCUT2D eigenvalue weighted by Crippen LogP contribution is -2.47. The summed E-state index contributed by atoms with van der Waals surface area (Å²) in [5.41, 5.74) is 0. The number of aliphatic hydroxyl groups is 1. The van der Waals surface area contributed by atoms with Gasteiger partial charge in [0.2, 0.25) is 5.91 Å². The van der Waals surface area contributed by atoms with Crippen molar-refractivity contribution < 1.29 is 19.4 Å². The fourth-order valence-corrected chi connectivity index (χ4v) is 2.34. The lowest BCUT2D eigenvalue weighted by Gasteiger charge is -2.34. The van der Waals surface area contributed by atoms with Crippen LogP contribution in [0.25, 0.3) is 0 Å². The Morgan fingerprint density at radius 2 is 2.33 bits per heavy atom. The highest BCUT2D eigenvalue weighted by Gasteiger charge is 2.26. The molecule has 0 aromatic carbocycles. The maximum absolute atomic E-state index is 12.2. The number of hydrogen-bond donors (Lipinski definition) is 2. The lowest BCUT2D eigenvalue weighted by molar-refractivity contribution is -0.136. The van der Waals surface area contributed by atoms with Gasteiger partial charge in [-0.15, -0.1) is 5.10 Å². The Hall–Kier alpha value is -2.16. The van der Waals surface area contributed by atoms with Crippen LogP contribution >= 0.6 is 0 Å². The minimum absolute atomic E-state index is 0.0202. The highest BCUT2D eigenvalue weighted by atomic mass is 16.5. The monoisotopic (exact) mass is 297 g/mol. The topological polar surface area (TPSA) is 110 Å². The average molecular weight is 297 g/mol. The number of nitrogens with zero attached hydrogens (tertiary/aromatic N) is 4. The first kappa shape index (κ1) is 15.2. The van der Waals surface area contributed by atoms with Crippen LogP contribution < -0.4 is 5.32 Å².